The summed E-state index contributed by atoms with van der Waals surface area (Å²) in [5, 5.41) is 7.72. The maximum atomic E-state index is 13.5. The molecule has 2 heterocycles. The summed E-state index contributed by atoms with van der Waals surface area (Å²) >= 11 is 0. The van der Waals surface area contributed by atoms with Crippen LogP contribution in [0.3, 0.4) is 0 Å². The second kappa shape index (κ2) is 8.26. The standard InChI is InChI=1S/C23H24F2N4O/c1-3-26-23(30)28-13-12-21-20(14-28)22(17-6-10-19(25)11-7-17)27-29(21)15(2)16-4-8-18(24)9-5-16/h4-11,15H,3,12-14H2,1-2H3,(H,26,30)/t15-/m1/s1. The molecule has 30 heavy (non-hydrogen) atoms. The summed E-state index contributed by atoms with van der Waals surface area (Å²) in [7, 11) is 0. The summed E-state index contributed by atoms with van der Waals surface area (Å²) in [5.41, 5.74) is 4.50. The number of nitrogens with one attached hydrogen (secondary N) is 1. The van der Waals surface area contributed by atoms with Crippen molar-refractivity contribution in [3.05, 3.63) is 77.0 Å². The molecule has 0 fully saturated rings. The van der Waals surface area contributed by atoms with Crippen LogP contribution in [0.25, 0.3) is 11.3 Å². The topological polar surface area (TPSA) is 50.2 Å². The van der Waals surface area contributed by atoms with Crippen LogP contribution in [0.4, 0.5) is 13.6 Å². The lowest BCUT2D eigenvalue weighted by Crippen LogP contribution is -2.43. The number of fused-ring (bicyclic) bond motifs is 1. The molecule has 0 bridgehead atoms. The van der Waals surface area contributed by atoms with Gasteiger partial charge in [0.2, 0.25) is 0 Å². The van der Waals surface area contributed by atoms with Gasteiger partial charge in [-0.3, -0.25) is 4.68 Å². The maximum Gasteiger partial charge on any atom is 0.317 e. The largest absolute Gasteiger partial charge is 0.338 e. The van der Waals surface area contributed by atoms with Gasteiger partial charge in [0.15, 0.2) is 0 Å². The molecule has 3 aromatic rings. The molecule has 1 aromatic heterocycles. The number of rotatable bonds is 4. The number of carbonyl (C=O) groups is 1. The smallest absolute Gasteiger partial charge is 0.317 e. The molecular formula is C23H24F2N4O. The fraction of sp³-hybridized carbons (Fsp3) is 0.304. The Balaban J connectivity index is 1.77. The third-order valence-electron chi connectivity index (χ3n) is 5.54. The van der Waals surface area contributed by atoms with Crippen LogP contribution in [0.1, 0.15) is 36.7 Å². The lowest BCUT2D eigenvalue weighted by Gasteiger charge is -2.28. The van der Waals surface area contributed by atoms with Crippen molar-refractivity contribution in [1.82, 2.24) is 20.0 Å². The minimum atomic E-state index is -0.310. The molecule has 0 radical (unpaired) electrons. The summed E-state index contributed by atoms with van der Waals surface area (Å²) in [6.07, 6.45) is 0.659. The third kappa shape index (κ3) is 3.79. The van der Waals surface area contributed by atoms with E-state index in [-0.39, 0.29) is 23.7 Å². The lowest BCUT2D eigenvalue weighted by molar-refractivity contribution is 0.192. The molecule has 0 saturated carbocycles. The van der Waals surface area contributed by atoms with E-state index in [0.717, 1.165) is 28.1 Å². The van der Waals surface area contributed by atoms with Crippen LogP contribution in [0.5, 0.6) is 0 Å². The molecule has 156 valence electrons. The summed E-state index contributed by atoms with van der Waals surface area (Å²) < 4.78 is 28.8. The van der Waals surface area contributed by atoms with Crippen LogP contribution >= 0.6 is 0 Å². The van der Waals surface area contributed by atoms with Crippen molar-refractivity contribution in [2.75, 3.05) is 13.1 Å². The molecule has 1 aliphatic heterocycles. The van der Waals surface area contributed by atoms with Gasteiger partial charge in [-0.25, -0.2) is 13.6 Å². The van der Waals surface area contributed by atoms with E-state index >= 15 is 0 Å². The molecule has 0 unspecified atom stereocenters. The minimum absolute atomic E-state index is 0.104. The highest BCUT2D eigenvalue weighted by atomic mass is 19.1. The van der Waals surface area contributed by atoms with E-state index in [1.807, 2.05) is 18.5 Å². The van der Waals surface area contributed by atoms with Gasteiger partial charge in [-0.1, -0.05) is 12.1 Å². The van der Waals surface area contributed by atoms with Crippen LogP contribution in [0.15, 0.2) is 48.5 Å². The van der Waals surface area contributed by atoms with Crippen LogP contribution < -0.4 is 5.32 Å². The normalized spacial score (nSPS) is 14.3. The molecule has 2 amide bonds. The number of carbonyl (C=O) groups excluding carboxylic acids is 1. The Morgan fingerprint density at radius 1 is 1.10 bits per heavy atom. The van der Waals surface area contributed by atoms with Gasteiger partial charge in [-0.05, 0) is 55.8 Å². The van der Waals surface area contributed by atoms with Gasteiger partial charge in [-0.2, -0.15) is 5.10 Å². The van der Waals surface area contributed by atoms with Crippen LogP contribution in [0, 0.1) is 11.6 Å². The number of amides is 2. The predicted octanol–water partition coefficient (Wildman–Crippen LogP) is 4.53. The van der Waals surface area contributed by atoms with E-state index in [0.29, 0.717) is 26.1 Å². The average Bonchev–Trinajstić information content (AvgIpc) is 3.13. The molecule has 5 nitrogen and oxygen atoms in total. The number of urea groups is 1. The Kier molecular flexibility index (Phi) is 5.53. The van der Waals surface area contributed by atoms with Gasteiger partial charge in [0.25, 0.3) is 0 Å². The first-order valence-corrected chi connectivity index (χ1v) is 10.1. The Labute approximate surface area is 174 Å². The Hall–Kier alpha value is -3.22. The van der Waals surface area contributed by atoms with E-state index in [9.17, 15) is 13.6 Å². The van der Waals surface area contributed by atoms with Gasteiger partial charge in [0.05, 0.1) is 18.3 Å². The van der Waals surface area contributed by atoms with Crippen LogP contribution in [-0.2, 0) is 13.0 Å². The summed E-state index contributed by atoms with van der Waals surface area (Å²) in [5.74, 6) is -0.589. The van der Waals surface area contributed by atoms with Crippen molar-refractivity contribution in [3.63, 3.8) is 0 Å². The van der Waals surface area contributed by atoms with Crippen molar-refractivity contribution >= 4 is 6.03 Å². The van der Waals surface area contributed by atoms with Gasteiger partial charge in [0, 0.05) is 36.3 Å². The van der Waals surface area contributed by atoms with Gasteiger partial charge < -0.3 is 10.2 Å². The zero-order valence-electron chi connectivity index (χ0n) is 17.0. The quantitative estimate of drug-likeness (QED) is 0.687. The molecule has 0 saturated heterocycles. The first kappa shape index (κ1) is 20.1. The minimum Gasteiger partial charge on any atom is -0.338 e. The highest BCUT2D eigenvalue weighted by Crippen LogP contribution is 2.33. The van der Waals surface area contributed by atoms with Gasteiger partial charge >= 0.3 is 6.03 Å². The van der Waals surface area contributed by atoms with E-state index in [1.165, 1.54) is 24.3 Å². The molecule has 7 heteroatoms. The van der Waals surface area contributed by atoms with E-state index in [4.69, 9.17) is 5.10 Å². The average molecular weight is 410 g/mol. The zero-order chi connectivity index (χ0) is 21.3. The highest BCUT2D eigenvalue weighted by molar-refractivity contribution is 5.75. The number of nitrogens with zero attached hydrogens (tertiary/aromatic N) is 3. The molecule has 1 aliphatic rings. The summed E-state index contributed by atoms with van der Waals surface area (Å²) in [4.78, 5) is 14.2. The van der Waals surface area contributed by atoms with Gasteiger partial charge in [-0.15, -0.1) is 0 Å². The molecule has 0 aliphatic carbocycles. The van der Waals surface area contributed by atoms with E-state index in [1.54, 1.807) is 29.2 Å². The highest BCUT2D eigenvalue weighted by Gasteiger charge is 2.29. The molecular weight excluding hydrogens is 386 g/mol. The number of halogens is 2. The SMILES string of the molecule is CCNC(=O)N1CCc2c(c(-c3ccc(F)cc3)nn2[C@H](C)c2ccc(F)cc2)C1. The maximum absolute atomic E-state index is 13.5. The van der Waals surface area contributed by atoms with Crippen LogP contribution in [0.2, 0.25) is 0 Å². The van der Waals surface area contributed by atoms with Gasteiger partial charge in [0.1, 0.15) is 11.6 Å². The number of benzene rings is 2. The number of aromatic nitrogens is 2. The Morgan fingerprint density at radius 3 is 2.37 bits per heavy atom. The Bertz CT molecular complexity index is 1040. The number of hydrogen-bond acceptors (Lipinski definition) is 2. The molecule has 4 rings (SSSR count). The van der Waals surface area contributed by atoms with Crippen molar-refractivity contribution in [3.8, 4) is 11.3 Å². The number of hydrogen-bond donors (Lipinski definition) is 1. The monoisotopic (exact) mass is 410 g/mol. The van der Waals surface area contributed by atoms with E-state index in [2.05, 4.69) is 5.32 Å². The van der Waals surface area contributed by atoms with Crippen molar-refractivity contribution in [1.29, 1.82) is 0 Å². The molecule has 0 spiro atoms. The second-order valence-electron chi connectivity index (χ2n) is 7.46. The lowest BCUT2D eigenvalue weighted by atomic mass is 10.0. The molecule has 1 atom stereocenters. The third-order valence-corrected chi connectivity index (χ3v) is 5.54. The second-order valence-corrected chi connectivity index (χ2v) is 7.46. The Morgan fingerprint density at radius 2 is 1.73 bits per heavy atom. The zero-order valence-corrected chi connectivity index (χ0v) is 17.0. The van der Waals surface area contributed by atoms with Crippen molar-refractivity contribution < 1.29 is 13.6 Å². The summed E-state index contributed by atoms with van der Waals surface area (Å²) in [6, 6.07) is 12.4. The predicted molar refractivity (Wildman–Crippen MR) is 111 cm³/mol. The summed E-state index contributed by atoms with van der Waals surface area (Å²) in [6.45, 7) is 5.49. The van der Waals surface area contributed by atoms with Crippen molar-refractivity contribution in [2.24, 2.45) is 0 Å². The fourth-order valence-corrected chi connectivity index (χ4v) is 3.92. The van der Waals surface area contributed by atoms with Crippen molar-refractivity contribution in [2.45, 2.75) is 32.9 Å². The molecule has 1 N–H and O–H groups in total. The van der Waals surface area contributed by atoms with E-state index < -0.39 is 0 Å². The molecule has 2 aromatic carbocycles. The fourth-order valence-electron chi connectivity index (χ4n) is 3.92. The van der Waals surface area contributed by atoms with Crippen LogP contribution in [-0.4, -0.2) is 33.8 Å². The first-order valence-electron chi connectivity index (χ1n) is 10.1. The first-order chi connectivity index (χ1) is 14.5.